The van der Waals surface area contributed by atoms with Crippen LogP contribution in [0.3, 0.4) is 0 Å². The molecule has 10 heteroatoms. The molecule has 7 nitrogen and oxygen atoms in total. The van der Waals surface area contributed by atoms with Gasteiger partial charge in [-0.15, -0.1) is 0 Å². The molecule has 0 radical (unpaired) electrons. The maximum absolute atomic E-state index is 12.9. The third-order valence-electron chi connectivity index (χ3n) is 3.45. The number of anilines is 1. The number of hydrogen-bond donors (Lipinski definition) is 3. The summed E-state index contributed by atoms with van der Waals surface area (Å²) in [6.07, 6.45) is -2.13. The Morgan fingerprint density at radius 1 is 1.50 bits per heavy atom. The summed E-state index contributed by atoms with van der Waals surface area (Å²) in [6, 6.07) is 0.416. The van der Waals surface area contributed by atoms with Crippen molar-refractivity contribution in [2.45, 2.75) is 23.8 Å². The fourth-order valence-electron chi connectivity index (χ4n) is 2.15. The maximum Gasteiger partial charge on any atom is 0.322 e. The van der Waals surface area contributed by atoms with Crippen LogP contribution in [-0.4, -0.2) is 42.6 Å². The molecule has 1 saturated heterocycles. The van der Waals surface area contributed by atoms with E-state index in [1.807, 2.05) is 0 Å². The Bertz CT molecular complexity index is 736. The van der Waals surface area contributed by atoms with Gasteiger partial charge in [0.15, 0.2) is 0 Å². The summed E-state index contributed by atoms with van der Waals surface area (Å²) >= 11 is 0. The van der Waals surface area contributed by atoms with Gasteiger partial charge in [0, 0.05) is 23.9 Å². The monoisotopic (exact) mass is 333 g/mol. The highest BCUT2D eigenvalue weighted by molar-refractivity contribution is 7.89. The van der Waals surface area contributed by atoms with Crippen LogP contribution in [0.1, 0.15) is 24.0 Å². The van der Waals surface area contributed by atoms with E-state index in [4.69, 9.17) is 16.2 Å². The lowest BCUT2D eigenvalue weighted by Crippen LogP contribution is -2.55. The summed E-state index contributed by atoms with van der Waals surface area (Å²) in [5, 5.41) is 16.1. The molecular formula is C12H13F2N3O4S. The van der Waals surface area contributed by atoms with E-state index in [0.29, 0.717) is 10.5 Å². The fourth-order valence-corrected chi connectivity index (χ4v) is 3.96. The highest BCUT2D eigenvalue weighted by Gasteiger charge is 2.44. The summed E-state index contributed by atoms with van der Waals surface area (Å²) in [7, 11) is -4.32. The average molecular weight is 333 g/mol. The molecule has 1 aliphatic heterocycles. The van der Waals surface area contributed by atoms with E-state index in [-0.39, 0.29) is 24.2 Å². The van der Waals surface area contributed by atoms with Crippen LogP contribution in [0.5, 0.6) is 0 Å². The molecule has 4 N–H and O–H groups in total. The number of carbonyl (C=O) groups is 1. The zero-order valence-electron chi connectivity index (χ0n) is 11.2. The van der Waals surface area contributed by atoms with Crippen molar-refractivity contribution in [2.75, 3.05) is 12.3 Å². The van der Waals surface area contributed by atoms with Crippen LogP contribution in [-0.2, 0) is 14.8 Å². The van der Waals surface area contributed by atoms with Crippen LogP contribution < -0.4 is 5.73 Å². The summed E-state index contributed by atoms with van der Waals surface area (Å²) in [5.74, 6) is -1.31. The van der Waals surface area contributed by atoms with Gasteiger partial charge in [0.05, 0.1) is 5.69 Å². The van der Waals surface area contributed by atoms with Crippen LogP contribution in [0, 0.1) is 5.41 Å². The van der Waals surface area contributed by atoms with E-state index in [0.717, 1.165) is 12.1 Å². The molecule has 1 fully saturated rings. The van der Waals surface area contributed by atoms with Gasteiger partial charge >= 0.3 is 5.97 Å². The van der Waals surface area contributed by atoms with Gasteiger partial charge in [0.2, 0.25) is 10.0 Å². The van der Waals surface area contributed by atoms with Crippen molar-refractivity contribution in [3.05, 3.63) is 23.3 Å². The SMILES string of the molecule is N=Cc1cc(C(F)F)cc(S(=O)(=O)N2CCC2C(=O)O)c1N. The number of rotatable bonds is 5. The number of nitrogens with one attached hydrogen (secondary N) is 1. The minimum absolute atomic E-state index is 0.0302. The molecule has 2 rings (SSSR count). The fraction of sp³-hybridized carbons (Fsp3) is 0.333. The van der Waals surface area contributed by atoms with E-state index >= 15 is 0 Å². The van der Waals surface area contributed by atoms with E-state index in [1.54, 1.807) is 0 Å². The molecule has 1 aromatic carbocycles. The molecule has 0 spiro atoms. The van der Waals surface area contributed by atoms with Crippen LogP contribution in [0.25, 0.3) is 0 Å². The van der Waals surface area contributed by atoms with E-state index in [1.165, 1.54) is 0 Å². The molecular weight excluding hydrogens is 320 g/mol. The number of carboxylic acids is 1. The van der Waals surface area contributed by atoms with Gasteiger partial charge in [0.1, 0.15) is 10.9 Å². The van der Waals surface area contributed by atoms with E-state index in [2.05, 4.69) is 0 Å². The number of sulfonamides is 1. The second-order valence-corrected chi connectivity index (χ2v) is 6.58. The first kappa shape index (κ1) is 16.3. The quantitative estimate of drug-likeness (QED) is 0.549. The first-order valence-electron chi connectivity index (χ1n) is 6.16. The number of carboxylic acid groups (broad SMARTS) is 1. The van der Waals surface area contributed by atoms with Gasteiger partial charge in [-0.25, -0.2) is 17.2 Å². The van der Waals surface area contributed by atoms with Crippen molar-refractivity contribution < 1.29 is 27.1 Å². The molecule has 22 heavy (non-hydrogen) atoms. The first-order chi connectivity index (χ1) is 10.2. The van der Waals surface area contributed by atoms with Gasteiger partial charge < -0.3 is 16.2 Å². The largest absolute Gasteiger partial charge is 0.480 e. The standard InChI is InChI=1S/C12H13F2N3O4S/c13-11(14)6-3-7(5-15)10(16)9(4-6)22(20,21)17-2-1-8(17)12(18)19/h3-5,8,11,15H,1-2,16H2,(H,18,19). The minimum atomic E-state index is -4.32. The van der Waals surface area contributed by atoms with Gasteiger partial charge in [0.25, 0.3) is 6.43 Å². The van der Waals surface area contributed by atoms with Crippen LogP contribution in [0.2, 0.25) is 0 Å². The van der Waals surface area contributed by atoms with Gasteiger partial charge in [-0.2, -0.15) is 4.31 Å². The Morgan fingerprint density at radius 2 is 2.14 bits per heavy atom. The maximum atomic E-state index is 12.9. The topological polar surface area (TPSA) is 125 Å². The summed E-state index contributed by atoms with van der Waals surface area (Å²) in [4.78, 5) is 10.4. The van der Waals surface area contributed by atoms with Crippen LogP contribution >= 0.6 is 0 Å². The van der Waals surface area contributed by atoms with Crippen molar-refractivity contribution in [1.82, 2.24) is 4.31 Å². The lowest BCUT2D eigenvalue weighted by Gasteiger charge is -2.36. The number of nitrogen functional groups attached to an aromatic ring is 1. The zero-order valence-corrected chi connectivity index (χ0v) is 12.0. The third kappa shape index (κ3) is 2.55. The van der Waals surface area contributed by atoms with Crippen LogP contribution in [0.15, 0.2) is 17.0 Å². The lowest BCUT2D eigenvalue weighted by atomic mass is 10.1. The molecule has 0 aromatic heterocycles. The zero-order chi connectivity index (χ0) is 16.7. The highest BCUT2D eigenvalue weighted by atomic mass is 32.2. The van der Waals surface area contributed by atoms with Gasteiger partial charge in [-0.05, 0) is 18.6 Å². The Labute approximate surface area is 124 Å². The predicted molar refractivity (Wildman–Crippen MR) is 73.6 cm³/mol. The second-order valence-electron chi connectivity index (χ2n) is 4.73. The number of nitrogens with two attached hydrogens (primary N) is 1. The van der Waals surface area contributed by atoms with E-state index in [9.17, 15) is 22.0 Å². The van der Waals surface area contributed by atoms with Crippen molar-refractivity contribution in [2.24, 2.45) is 0 Å². The molecule has 0 saturated carbocycles. The third-order valence-corrected chi connectivity index (χ3v) is 5.39. The summed E-state index contributed by atoms with van der Waals surface area (Å²) in [6.45, 7) is -0.0302. The Hall–Kier alpha value is -2.07. The summed E-state index contributed by atoms with van der Waals surface area (Å²) < 4.78 is 51.3. The minimum Gasteiger partial charge on any atom is -0.480 e. The number of aliphatic carboxylic acids is 1. The number of nitrogens with zero attached hydrogens (tertiary/aromatic N) is 1. The molecule has 120 valence electrons. The van der Waals surface area contributed by atoms with E-state index < -0.39 is 38.9 Å². The average Bonchev–Trinajstić information content (AvgIpc) is 2.35. The smallest absolute Gasteiger partial charge is 0.322 e. The number of alkyl halides is 2. The Balaban J connectivity index is 2.58. The Kier molecular flexibility index (Phi) is 4.16. The highest BCUT2D eigenvalue weighted by Crippen LogP contribution is 2.34. The molecule has 0 bridgehead atoms. The van der Waals surface area contributed by atoms with Gasteiger partial charge in [-0.3, -0.25) is 4.79 Å². The normalized spacial score (nSPS) is 19.0. The van der Waals surface area contributed by atoms with Crippen molar-refractivity contribution in [3.63, 3.8) is 0 Å². The molecule has 1 unspecified atom stereocenters. The molecule has 1 heterocycles. The number of halogens is 2. The number of benzene rings is 1. The summed E-state index contributed by atoms with van der Waals surface area (Å²) in [5.41, 5.74) is 4.52. The second kappa shape index (κ2) is 5.61. The van der Waals surface area contributed by atoms with Crippen molar-refractivity contribution in [1.29, 1.82) is 5.41 Å². The Morgan fingerprint density at radius 3 is 2.55 bits per heavy atom. The van der Waals surface area contributed by atoms with Crippen molar-refractivity contribution >= 4 is 27.9 Å². The molecule has 1 aliphatic rings. The lowest BCUT2D eigenvalue weighted by molar-refractivity contribution is -0.144. The van der Waals surface area contributed by atoms with Crippen LogP contribution in [0.4, 0.5) is 14.5 Å². The number of hydrogen-bond acceptors (Lipinski definition) is 5. The molecule has 0 aliphatic carbocycles. The molecule has 0 amide bonds. The first-order valence-corrected chi connectivity index (χ1v) is 7.61. The molecule has 1 atom stereocenters. The molecule has 1 aromatic rings. The predicted octanol–water partition coefficient (Wildman–Crippen LogP) is 1.05. The van der Waals surface area contributed by atoms with Gasteiger partial charge in [-0.1, -0.05) is 0 Å². The van der Waals surface area contributed by atoms with Crippen molar-refractivity contribution in [3.8, 4) is 0 Å².